The van der Waals surface area contributed by atoms with Crippen molar-refractivity contribution in [1.29, 1.82) is 0 Å². The van der Waals surface area contributed by atoms with Gasteiger partial charge in [-0.25, -0.2) is 16.8 Å². The first-order chi connectivity index (χ1) is 7.17. The molecule has 0 saturated heterocycles. The fourth-order valence-corrected chi connectivity index (χ4v) is 4.03. The van der Waals surface area contributed by atoms with Crippen molar-refractivity contribution in [2.24, 2.45) is 0 Å². The molecule has 0 aliphatic rings. The number of sulfone groups is 1. The predicted molar refractivity (Wildman–Crippen MR) is 61.8 cm³/mol. The SMILES string of the molecule is CC(C)S(=O)(=O)c1ccccc1S(=O)(=O)Cl. The van der Waals surface area contributed by atoms with E-state index in [0.717, 1.165) is 0 Å². The molecular formula is C9H11ClO4S2. The molecule has 0 heterocycles. The third-order valence-electron chi connectivity index (χ3n) is 2.04. The van der Waals surface area contributed by atoms with Crippen LogP contribution >= 0.6 is 10.7 Å². The van der Waals surface area contributed by atoms with Crippen molar-refractivity contribution < 1.29 is 16.8 Å². The number of halogens is 1. The molecule has 1 aromatic carbocycles. The second kappa shape index (κ2) is 4.35. The van der Waals surface area contributed by atoms with Crippen LogP contribution in [0.1, 0.15) is 13.8 Å². The Hall–Kier alpha value is -0.590. The lowest BCUT2D eigenvalue weighted by atomic mass is 10.4. The molecule has 0 spiro atoms. The lowest BCUT2D eigenvalue weighted by Gasteiger charge is -2.10. The largest absolute Gasteiger partial charge is 0.262 e. The maximum atomic E-state index is 11.9. The quantitative estimate of drug-likeness (QED) is 0.793. The molecule has 0 fully saturated rings. The molecule has 0 aliphatic carbocycles. The van der Waals surface area contributed by atoms with E-state index in [4.69, 9.17) is 10.7 Å². The van der Waals surface area contributed by atoms with Crippen LogP contribution in [-0.2, 0) is 18.9 Å². The first-order valence-corrected chi connectivity index (χ1v) is 8.30. The first-order valence-electron chi connectivity index (χ1n) is 4.45. The fraction of sp³-hybridized carbons (Fsp3) is 0.333. The van der Waals surface area contributed by atoms with E-state index in [9.17, 15) is 16.8 Å². The Morgan fingerprint density at radius 2 is 1.44 bits per heavy atom. The van der Waals surface area contributed by atoms with E-state index in [2.05, 4.69) is 0 Å². The van der Waals surface area contributed by atoms with Gasteiger partial charge in [0.2, 0.25) is 0 Å². The van der Waals surface area contributed by atoms with Crippen LogP contribution in [0, 0.1) is 0 Å². The molecule has 0 saturated carbocycles. The minimum Gasteiger partial charge on any atom is -0.223 e. The molecular weight excluding hydrogens is 272 g/mol. The molecule has 0 bridgehead atoms. The highest BCUT2D eigenvalue weighted by atomic mass is 35.7. The Labute approximate surface area is 99.6 Å². The van der Waals surface area contributed by atoms with E-state index in [0.29, 0.717) is 0 Å². The summed E-state index contributed by atoms with van der Waals surface area (Å²) in [7, 11) is -2.53. The summed E-state index contributed by atoms with van der Waals surface area (Å²) in [6.45, 7) is 2.96. The van der Waals surface area contributed by atoms with Crippen molar-refractivity contribution in [3.63, 3.8) is 0 Å². The Morgan fingerprint density at radius 1 is 1.00 bits per heavy atom. The van der Waals surface area contributed by atoms with Crippen LogP contribution in [0.15, 0.2) is 34.1 Å². The summed E-state index contributed by atoms with van der Waals surface area (Å²) >= 11 is 0. The van der Waals surface area contributed by atoms with Gasteiger partial charge in [0, 0.05) is 10.7 Å². The average Bonchev–Trinajstić information content (AvgIpc) is 2.16. The van der Waals surface area contributed by atoms with Gasteiger partial charge < -0.3 is 0 Å². The zero-order valence-corrected chi connectivity index (χ0v) is 11.1. The molecule has 1 aromatic rings. The summed E-state index contributed by atoms with van der Waals surface area (Å²) in [5, 5.41) is -0.702. The third-order valence-corrected chi connectivity index (χ3v) is 5.76. The van der Waals surface area contributed by atoms with Gasteiger partial charge in [-0.3, -0.25) is 0 Å². The number of hydrogen-bond acceptors (Lipinski definition) is 4. The van der Waals surface area contributed by atoms with Crippen molar-refractivity contribution in [3.05, 3.63) is 24.3 Å². The third kappa shape index (κ3) is 2.56. The maximum Gasteiger partial charge on any atom is 0.262 e. The fourth-order valence-electron chi connectivity index (χ4n) is 1.14. The molecule has 0 aromatic heterocycles. The Morgan fingerprint density at radius 3 is 1.81 bits per heavy atom. The Bertz CT molecular complexity index is 588. The van der Waals surface area contributed by atoms with E-state index >= 15 is 0 Å². The minimum atomic E-state index is -4.06. The molecule has 1 rings (SSSR count). The zero-order chi connectivity index (χ0) is 12.6. The monoisotopic (exact) mass is 282 g/mol. The lowest BCUT2D eigenvalue weighted by Crippen LogP contribution is -2.16. The van der Waals surface area contributed by atoms with Gasteiger partial charge in [-0.2, -0.15) is 0 Å². The molecule has 0 amide bonds. The predicted octanol–water partition coefficient (Wildman–Crippen LogP) is 1.80. The average molecular weight is 283 g/mol. The van der Waals surface area contributed by atoms with E-state index < -0.39 is 24.1 Å². The second-order valence-electron chi connectivity index (χ2n) is 3.48. The van der Waals surface area contributed by atoms with Gasteiger partial charge >= 0.3 is 0 Å². The van der Waals surface area contributed by atoms with Crippen LogP contribution in [0.25, 0.3) is 0 Å². The Kier molecular flexibility index (Phi) is 3.66. The summed E-state index contributed by atoms with van der Waals surface area (Å²) < 4.78 is 46.2. The molecule has 7 heteroatoms. The summed E-state index contributed by atoms with van der Waals surface area (Å²) in [6.07, 6.45) is 0. The van der Waals surface area contributed by atoms with Crippen LogP contribution in [0.3, 0.4) is 0 Å². The van der Waals surface area contributed by atoms with E-state index in [1.165, 1.54) is 38.1 Å². The maximum absolute atomic E-state index is 11.9. The molecule has 4 nitrogen and oxygen atoms in total. The van der Waals surface area contributed by atoms with Gasteiger partial charge in [-0.15, -0.1) is 0 Å². The minimum absolute atomic E-state index is 0.250. The van der Waals surface area contributed by atoms with Gasteiger partial charge in [-0.1, -0.05) is 12.1 Å². The number of benzene rings is 1. The normalized spacial score (nSPS) is 13.0. The van der Waals surface area contributed by atoms with Crippen LogP contribution in [-0.4, -0.2) is 22.1 Å². The highest BCUT2D eigenvalue weighted by Crippen LogP contribution is 2.26. The molecule has 16 heavy (non-hydrogen) atoms. The van der Waals surface area contributed by atoms with Crippen LogP contribution < -0.4 is 0 Å². The van der Waals surface area contributed by atoms with Gasteiger partial charge in [-0.05, 0) is 26.0 Å². The standard InChI is InChI=1S/C9H11ClO4S2/c1-7(2)15(11,12)8-5-3-4-6-9(8)16(10,13)14/h3-7H,1-2H3. The van der Waals surface area contributed by atoms with Crippen LogP contribution in [0.5, 0.6) is 0 Å². The van der Waals surface area contributed by atoms with Crippen molar-refractivity contribution in [2.75, 3.05) is 0 Å². The molecule has 0 unspecified atom stereocenters. The number of hydrogen-bond donors (Lipinski definition) is 0. The molecule has 0 atom stereocenters. The van der Waals surface area contributed by atoms with Crippen molar-refractivity contribution in [3.8, 4) is 0 Å². The summed E-state index contributed by atoms with van der Waals surface area (Å²) in [4.78, 5) is -0.620. The van der Waals surface area contributed by atoms with E-state index in [1.807, 2.05) is 0 Å². The van der Waals surface area contributed by atoms with Gasteiger partial charge in [0.05, 0.1) is 10.1 Å². The van der Waals surface area contributed by atoms with Crippen molar-refractivity contribution in [1.82, 2.24) is 0 Å². The summed E-state index contributed by atoms with van der Waals surface area (Å²) in [6, 6.07) is 5.30. The van der Waals surface area contributed by atoms with Gasteiger partial charge in [0.25, 0.3) is 9.05 Å². The second-order valence-corrected chi connectivity index (χ2v) is 8.49. The van der Waals surface area contributed by atoms with E-state index in [1.54, 1.807) is 0 Å². The first kappa shape index (κ1) is 13.5. The topological polar surface area (TPSA) is 68.3 Å². The van der Waals surface area contributed by atoms with Crippen LogP contribution in [0.4, 0.5) is 0 Å². The molecule has 0 radical (unpaired) electrons. The highest BCUT2D eigenvalue weighted by Gasteiger charge is 2.27. The molecule has 0 N–H and O–H groups in total. The zero-order valence-electron chi connectivity index (χ0n) is 8.71. The summed E-state index contributed by atoms with van der Waals surface area (Å²) in [5.74, 6) is 0. The van der Waals surface area contributed by atoms with Crippen molar-refractivity contribution >= 4 is 29.6 Å². The van der Waals surface area contributed by atoms with Gasteiger partial charge in [0.15, 0.2) is 9.84 Å². The van der Waals surface area contributed by atoms with Crippen LogP contribution in [0.2, 0.25) is 0 Å². The Balaban J connectivity index is 3.61. The summed E-state index contributed by atoms with van der Waals surface area (Å²) in [5.41, 5.74) is 0. The van der Waals surface area contributed by atoms with E-state index in [-0.39, 0.29) is 9.79 Å². The molecule has 90 valence electrons. The number of rotatable bonds is 3. The lowest BCUT2D eigenvalue weighted by molar-refractivity contribution is 0.581. The van der Waals surface area contributed by atoms with Crippen molar-refractivity contribution in [2.45, 2.75) is 28.9 Å². The molecule has 0 aliphatic heterocycles. The van der Waals surface area contributed by atoms with Gasteiger partial charge in [0.1, 0.15) is 4.90 Å². The highest BCUT2D eigenvalue weighted by molar-refractivity contribution is 8.14. The smallest absolute Gasteiger partial charge is 0.223 e.